The highest BCUT2D eigenvalue weighted by Crippen LogP contribution is 2.51. The molecule has 3 unspecified atom stereocenters. The van der Waals surface area contributed by atoms with Gasteiger partial charge in [-0.25, -0.2) is 8.42 Å². The molecule has 6 heteroatoms. The van der Waals surface area contributed by atoms with Crippen molar-refractivity contribution < 1.29 is 8.42 Å². The van der Waals surface area contributed by atoms with Crippen LogP contribution in [-0.2, 0) is 10.0 Å². The molecule has 4 nitrogen and oxygen atoms in total. The molecule has 0 amide bonds. The summed E-state index contributed by atoms with van der Waals surface area (Å²) in [6, 6.07) is 13.6. The van der Waals surface area contributed by atoms with Crippen LogP contribution in [0.1, 0.15) is 45.5 Å². The van der Waals surface area contributed by atoms with Gasteiger partial charge in [0.2, 0.25) is 0 Å². The Hall–Kier alpha value is -2.57. The lowest BCUT2D eigenvalue weighted by molar-refractivity contribution is 0.428. The zero-order chi connectivity index (χ0) is 21.8. The number of hydrogen-bond donors (Lipinski definition) is 2. The first-order valence-corrected chi connectivity index (χ1v) is 12.9. The number of thiophene rings is 1. The van der Waals surface area contributed by atoms with Gasteiger partial charge >= 0.3 is 0 Å². The quantitative estimate of drug-likeness (QED) is 0.459. The first-order valence-electron chi connectivity index (χ1n) is 10.5. The largest absolute Gasteiger partial charge is 0.377 e. The van der Waals surface area contributed by atoms with Gasteiger partial charge in [-0.2, -0.15) is 0 Å². The van der Waals surface area contributed by atoms with Crippen molar-refractivity contribution in [3.05, 3.63) is 87.1 Å². The van der Waals surface area contributed by atoms with Gasteiger partial charge in [0.25, 0.3) is 10.0 Å². The van der Waals surface area contributed by atoms with Crippen LogP contribution in [0.5, 0.6) is 0 Å². The molecule has 0 saturated heterocycles. The number of fused-ring (bicyclic) bond motifs is 3. The first kappa shape index (κ1) is 20.3. The summed E-state index contributed by atoms with van der Waals surface area (Å²) in [5.41, 5.74) is 6.06. The highest BCUT2D eigenvalue weighted by atomic mass is 32.2. The van der Waals surface area contributed by atoms with Crippen LogP contribution >= 0.6 is 11.3 Å². The van der Waals surface area contributed by atoms with Crippen molar-refractivity contribution in [2.24, 2.45) is 5.92 Å². The van der Waals surface area contributed by atoms with Crippen LogP contribution < -0.4 is 10.0 Å². The number of nitrogens with one attached hydrogen (secondary N) is 2. The van der Waals surface area contributed by atoms with Gasteiger partial charge in [-0.05, 0) is 97.1 Å². The van der Waals surface area contributed by atoms with Crippen molar-refractivity contribution in [1.29, 1.82) is 0 Å². The first-order chi connectivity index (χ1) is 14.8. The SMILES string of the molecule is Cc1cc(C)cc(NS(=O)(=O)c2ccc3c(c2)C2C=CCC2C(c2sccc2C)N3)c1. The second-order valence-electron chi connectivity index (χ2n) is 8.67. The molecule has 5 rings (SSSR count). The van der Waals surface area contributed by atoms with Crippen LogP contribution in [0.4, 0.5) is 11.4 Å². The number of hydrogen-bond acceptors (Lipinski definition) is 4. The maximum Gasteiger partial charge on any atom is 0.261 e. The summed E-state index contributed by atoms with van der Waals surface area (Å²) in [7, 11) is -3.67. The lowest BCUT2D eigenvalue weighted by atomic mass is 9.78. The smallest absolute Gasteiger partial charge is 0.261 e. The van der Waals surface area contributed by atoms with E-state index in [4.69, 9.17) is 0 Å². The fraction of sp³-hybridized carbons (Fsp3) is 0.280. The molecule has 0 saturated carbocycles. The Kier molecular flexibility index (Phi) is 4.94. The number of rotatable bonds is 4. The molecule has 2 N–H and O–H groups in total. The molecule has 0 radical (unpaired) electrons. The lowest BCUT2D eigenvalue weighted by Crippen LogP contribution is -2.29. The normalized spacial score (nSPS) is 22.0. The van der Waals surface area contributed by atoms with Crippen LogP contribution in [0.25, 0.3) is 0 Å². The monoisotopic (exact) mass is 450 g/mol. The van der Waals surface area contributed by atoms with E-state index in [2.05, 4.69) is 40.6 Å². The second kappa shape index (κ2) is 7.53. The molecule has 1 aliphatic heterocycles. The molecule has 0 spiro atoms. The van der Waals surface area contributed by atoms with Gasteiger partial charge in [-0.3, -0.25) is 4.72 Å². The predicted octanol–water partition coefficient (Wildman–Crippen LogP) is 6.30. The van der Waals surface area contributed by atoms with Crippen LogP contribution in [-0.4, -0.2) is 8.42 Å². The van der Waals surface area contributed by atoms with Crippen molar-refractivity contribution in [3.63, 3.8) is 0 Å². The third-order valence-corrected chi connectivity index (χ3v) is 8.78. The van der Waals surface area contributed by atoms with Crippen molar-refractivity contribution >= 4 is 32.7 Å². The Morgan fingerprint density at radius 3 is 2.52 bits per heavy atom. The summed E-state index contributed by atoms with van der Waals surface area (Å²) < 4.78 is 29.1. The molecule has 1 aliphatic carbocycles. The zero-order valence-corrected chi connectivity index (χ0v) is 19.5. The van der Waals surface area contributed by atoms with Gasteiger partial charge in [-0.1, -0.05) is 18.2 Å². The highest BCUT2D eigenvalue weighted by Gasteiger charge is 2.39. The average Bonchev–Trinajstić information content (AvgIpc) is 3.35. The Labute approximate surface area is 188 Å². The van der Waals surface area contributed by atoms with Gasteiger partial charge in [0, 0.05) is 22.2 Å². The molecule has 1 aromatic heterocycles. The molecule has 160 valence electrons. The van der Waals surface area contributed by atoms with E-state index in [1.165, 1.54) is 10.4 Å². The molecule has 3 aromatic rings. The fourth-order valence-corrected chi connectivity index (χ4v) is 7.08. The summed E-state index contributed by atoms with van der Waals surface area (Å²) in [4.78, 5) is 1.68. The highest BCUT2D eigenvalue weighted by molar-refractivity contribution is 7.92. The van der Waals surface area contributed by atoms with E-state index >= 15 is 0 Å². The van der Waals surface area contributed by atoms with E-state index in [9.17, 15) is 8.42 Å². The van der Waals surface area contributed by atoms with Gasteiger partial charge in [0.1, 0.15) is 0 Å². The van der Waals surface area contributed by atoms with Gasteiger partial charge in [0.05, 0.1) is 10.9 Å². The number of aryl methyl sites for hydroxylation is 3. The van der Waals surface area contributed by atoms with E-state index < -0.39 is 10.0 Å². The second-order valence-corrected chi connectivity index (χ2v) is 11.3. The van der Waals surface area contributed by atoms with Gasteiger partial charge < -0.3 is 5.32 Å². The molecule has 0 bridgehead atoms. The summed E-state index contributed by atoms with van der Waals surface area (Å²) in [6.45, 7) is 6.09. The van der Waals surface area contributed by atoms with Crippen LogP contribution in [0, 0.1) is 26.7 Å². The standard InChI is InChI=1S/C25H26N2O2S2/c1-15-11-16(2)13-18(12-15)27-31(28,29)19-7-8-23-22(14-19)20-5-4-6-21(20)24(26-23)25-17(3)9-10-30-25/h4-5,7-14,20-21,24,26-27H,6H2,1-3H3. The maximum absolute atomic E-state index is 13.2. The number of sulfonamides is 1. The number of anilines is 2. The molecular weight excluding hydrogens is 424 g/mol. The summed E-state index contributed by atoms with van der Waals surface area (Å²) >= 11 is 1.79. The van der Waals surface area contributed by atoms with Crippen LogP contribution in [0.3, 0.4) is 0 Å². The minimum atomic E-state index is -3.67. The molecule has 3 atom stereocenters. The lowest BCUT2D eigenvalue weighted by Gasteiger charge is -2.37. The van der Waals surface area contributed by atoms with Gasteiger partial charge in [-0.15, -0.1) is 11.3 Å². The minimum Gasteiger partial charge on any atom is -0.377 e. The molecule has 2 aliphatic rings. The Morgan fingerprint density at radius 2 is 1.81 bits per heavy atom. The Balaban J connectivity index is 1.50. The average molecular weight is 451 g/mol. The Bertz CT molecular complexity index is 1270. The van der Waals surface area contributed by atoms with Crippen molar-refractivity contribution in [2.45, 2.75) is 44.0 Å². The van der Waals surface area contributed by atoms with E-state index in [1.807, 2.05) is 44.2 Å². The summed E-state index contributed by atoms with van der Waals surface area (Å²) in [5, 5.41) is 5.86. The maximum atomic E-state index is 13.2. The van der Waals surface area contributed by atoms with Crippen LogP contribution in [0.2, 0.25) is 0 Å². The summed E-state index contributed by atoms with van der Waals surface area (Å²) in [6.07, 6.45) is 5.47. The van der Waals surface area contributed by atoms with E-state index in [1.54, 1.807) is 17.4 Å². The third kappa shape index (κ3) is 3.68. The predicted molar refractivity (Wildman–Crippen MR) is 129 cm³/mol. The molecule has 0 fully saturated rings. The molecular formula is C25H26N2O2S2. The molecule has 2 aromatic carbocycles. The Morgan fingerprint density at radius 1 is 1.03 bits per heavy atom. The van der Waals surface area contributed by atoms with Crippen LogP contribution in [0.15, 0.2) is 64.9 Å². The summed E-state index contributed by atoms with van der Waals surface area (Å²) in [5.74, 6) is 0.620. The molecule has 2 heterocycles. The molecule has 31 heavy (non-hydrogen) atoms. The fourth-order valence-electron chi connectivity index (χ4n) is 4.95. The topological polar surface area (TPSA) is 58.2 Å². The number of benzene rings is 2. The van der Waals surface area contributed by atoms with Gasteiger partial charge in [0.15, 0.2) is 0 Å². The van der Waals surface area contributed by atoms with E-state index in [-0.39, 0.29) is 12.0 Å². The zero-order valence-electron chi connectivity index (χ0n) is 17.8. The van der Waals surface area contributed by atoms with E-state index in [0.29, 0.717) is 16.5 Å². The number of allylic oxidation sites excluding steroid dienone is 2. The minimum absolute atomic E-state index is 0.221. The van der Waals surface area contributed by atoms with Crippen molar-refractivity contribution in [1.82, 2.24) is 0 Å². The van der Waals surface area contributed by atoms with Crippen molar-refractivity contribution in [2.75, 3.05) is 10.0 Å². The van der Waals surface area contributed by atoms with E-state index in [0.717, 1.165) is 28.8 Å². The third-order valence-electron chi connectivity index (χ3n) is 6.30. The van der Waals surface area contributed by atoms with Crippen molar-refractivity contribution in [3.8, 4) is 0 Å².